The molecule has 1 N–H and O–H groups in total. The summed E-state index contributed by atoms with van der Waals surface area (Å²) in [6.45, 7) is 4.53. The van der Waals surface area contributed by atoms with E-state index in [2.05, 4.69) is 4.72 Å². The van der Waals surface area contributed by atoms with Crippen LogP contribution in [0.4, 0.5) is 4.39 Å². The second-order valence-electron chi connectivity index (χ2n) is 4.16. The number of hydrogen-bond donors (Lipinski definition) is 1. The van der Waals surface area contributed by atoms with Crippen LogP contribution in [0.15, 0.2) is 18.2 Å². The molecule has 0 aliphatic carbocycles. The summed E-state index contributed by atoms with van der Waals surface area (Å²) in [7, 11) is -3.71. The van der Waals surface area contributed by atoms with Crippen molar-refractivity contribution in [3.63, 3.8) is 0 Å². The molecule has 0 heterocycles. The first-order valence-electron chi connectivity index (χ1n) is 5.44. The van der Waals surface area contributed by atoms with E-state index in [-0.39, 0.29) is 5.82 Å². The van der Waals surface area contributed by atoms with E-state index in [4.69, 9.17) is 5.26 Å². The molecule has 0 aliphatic heterocycles. The second-order valence-corrected chi connectivity index (χ2v) is 6.20. The van der Waals surface area contributed by atoms with Crippen molar-refractivity contribution >= 4 is 10.0 Å². The van der Waals surface area contributed by atoms with Crippen molar-refractivity contribution in [1.29, 1.82) is 5.26 Å². The number of benzene rings is 1. The summed E-state index contributed by atoms with van der Waals surface area (Å²) in [5.74, 6) is -0.383. The van der Waals surface area contributed by atoms with Crippen LogP contribution in [0.5, 0.6) is 0 Å². The third kappa shape index (κ3) is 3.28. The van der Waals surface area contributed by atoms with E-state index in [1.165, 1.54) is 13.0 Å². The Labute approximate surface area is 106 Å². The third-order valence-corrected chi connectivity index (χ3v) is 4.40. The summed E-state index contributed by atoms with van der Waals surface area (Å²) in [5, 5.41) is 7.46. The van der Waals surface area contributed by atoms with Gasteiger partial charge in [-0.15, -0.1) is 0 Å². The first kappa shape index (κ1) is 14.6. The molecular weight excluding hydrogens is 255 g/mol. The van der Waals surface area contributed by atoms with Crippen LogP contribution in [0.25, 0.3) is 0 Å². The molecule has 0 saturated heterocycles. The van der Waals surface area contributed by atoms with E-state index in [9.17, 15) is 12.8 Å². The molecule has 2 atom stereocenters. The summed E-state index contributed by atoms with van der Waals surface area (Å²) in [6, 6.07) is 5.61. The van der Waals surface area contributed by atoms with Crippen molar-refractivity contribution in [2.75, 3.05) is 0 Å². The fourth-order valence-electron chi connectivity index (χ4n) is 1.36. The van der Waals surface area contributed by atoms with Gasteiger partial charge in [-0.3, -0.25) is 0 Å². The predicted octanol–water partition coefficient (Wildman–Crippen LogP) is 2.03. The van der Waals surface area contributed by atoms with Gasteiger partial charge < -0.3 is 0 Å². The van der Waals surface area contributed by atoms with E-state index in [1.54, 1.807) is 32.0 Å². The van der Waals surface area contributed by atoms with Gasteiger partial charge in [0.1, 0.15) is 5.82 Å². The number of nitrogens with zero attached hydrogens (tertiary/aromatic N) is 1. The molecule has 0 fully saturated rings. The first-order valence-corrected chi connectivity index (χ1v) is 6.99. The van der Waals surface area contributed by atoms with Crippen molar-refractivity contribution in [3.05, 3.63) is 35.1 Å². The van der Waals surface area contributed by atoms with Gasteiger partial charge in [-0.05, 0) is 38.0 Å². The Morgan fingerprint density at radius 2 is 2.00 bits per heavy atom. The summed E-state index contributed by atoms with van der Waals surface area (Å²) in [5.41, 5.74) is 1.02. The van der Waals surface area contributed by atoms with Crippen molar-refractivity contribution in [2.45, 2.75) is 32.1 Å². The first-order chi connectivity index (χ1) is 8.27. The van der Waals surface area contributed by atoms with Gasteiger partial charge >= 0.3 is 0 Å². The van der Waals surface area contributed by atoms with Crippen LogP contribution >= 0.6 is 0 Å². The molecule has 0 radical (unpaired) electrons. The number of rotatable bonds is 4. The summed E-state index contributed by atoms with van der Waals surface area (Å²) >= 11 is 0. The number of hydrogen-bond acceptors (Lipinski definition) is 3. The molecule has 18 heavy (non-hydrogen) atoms. The standard InChI is InChI=1S/C12H15FN2O2S/c1-8-4-5-11(6-12(8)13)10(3)15-18(16,17)9(2)7-14/h4-6,9-10,15H,1-3H3. The maximum atomic E-state index is 13.4. The van der Waals surface area contributed by atoms with E-state index in [0.717, 1.165) is 0 Å². The highest BCUT2D eigenvalue weighted by Gasteiger charge is 2.23. The highest BCUT2D eigenvalue weighted by atomic mass is 32.2. The second kappa shape index (κ2) is 5.46. The van der Waals surface area contributed by atoms with Crippen LogP contribution in [0.2, 0.25) is 0 Å². The van der Waals surface area contributed by atoms with Crippen LogP contribution in [0.1, 0.15) is 31.0 Å². The lowest BCUT2D eigenvalue weighted by Crippen LogP contribution is -2.33. The van der Waals surface area contributed by atoms with Gasteiger partial charge in [0, 0.05) is 6.04 Å². The Bertz CT molecular complexity index is 578. The topological polar surface area (TPSA) is 70.0 Å². The lowest BCUT2D eigenvalue weighted by Gasteiger charge is -2.16. The SMILES string of the molecule is Cc1ccc(C(C)NS(=O)(=O)C(C)C#N)cc1F. The zero-order chi connectivity index (χ0) is 13.9. The lowest BCUT2D eigenvalue weighted by atomic mass is 10.1. The normalized spacial score (nSPS) is 14.8. The van der Waals surface area contributed by atoms with Crippen molar-refractivity contribution < 1.29 is 12.8 Å². The summed E-state index contributed by atoms with van der Waals surface area (Å²) < 4.78 is 39.1. The molecule has 0 amide bonds. The van der Waals surface area contributed by atoms with Gasteiger partial charge in [-0.2, -0.15) is 5.26 Å². The summed E-state index contributed by atoms with van der Waals surface area (Å²) in [6.07, 6.45) is 0. The molecule has 0 spiro atoms. The molecule has 0 bridgehead atoms. The van der Waals surface area contributed by atoms with Crippen LogP contribution in [0, 0.1) is 24.1 Å². The smallest absolute Gasteiger partial charge is 0.211 e. The molecule has 6 heteroatoms. The zero-order valence-electron chi connectivity index (χ0n) is 10.4. The molecule has 0 aromatic heterocycles. The Morgan fingerprint density at radius 3 is 2.50 bits per heavy atom. The van der Waals surface area contributed by atoms with Crippen LogP contribution in [-0.4, -0.2) is 13.7 Å². The predicted molar refractivity (Wildman–Crippen MR) is 66.7 cm³/mol. The monoisotopic (exact) mass is 270 g/mol. The minimum absolute atomic E-state index is 0.383. The number of halogens is 1. The zero-order valence-corrected chi connectivity index (χ0v) is 11.3. The van der Waals surface area contributed by atoms with Gasteiger partial charge in [0.2, 0.25) is 10.0 Å². The van der Waals surface area contributed by atoms with Crippen LogP contribution < -0.4 is 4.72 Å². The van der Waals surface area contributed by atoms with E-state index in [0.29, 0.717) is 11.1 Å². The van der Waals surface area contributed by atoms with Gasteiger partial charge in [0.05, 0.1) is 6.07 Å². The molecular formula is C12H15FN2O2S. The van der Waals surface area contributed by atoms with E-state index >= 15 is 0 Å². The quantitative estimate of drug-likeness (QED) is 0.910. The molecule has 1 aromatic carbocycles. The average Bonchev–Trinajstić information content (AvgIpc) is 2.30. The number of nitrogens with one attached hydrogen (secondary N) is 1. The Hall–Kier alpha value is -1.45. The fourth-order valence-corrected chi connectivity index (χ4v) is 2.34. The maximum Gasteiger partial charge on any atom is 0.228 e. The van der Waals surface area contributed by atoms with Crippen LogP contribution in [0.3, 0.4) is 0 Å². The summed E-state index contributed by atoms with van der Waals surface area (Å²) in [4.78, 5) is 0. The molecule has 2 unspecified atom stereocenters. The lowest BCUT2D eigenvalue weighted by molar-refractivity contribution is 0.560. The van der Waals surface area contributed by atoms with Crippen molar-refractivity contribution in [2.24, 2.45) is 0 Å². The minimum Gasteiger partial charge on any atom is -0.211 e. The Balaban J connectivity index is 2.93. The largest absolute Gasteiger partial charge is 0.228 e. The molecule has 98 valence electrons. The van der Waals surface area contributed by atoms with Crippen molar-refractivity contribution in [1.82, 2.24) is 4.72 Å². The molecule has 0 saturated carbocycles. The van der Waals surface area contributed by atoms with Crippen molar-refractivity contribution in [3.8, 4) is 6.07 Å². The van der Waals surface area contributed by atoms with Gasteiger partial charge in [-0.25, -0.2) is 17.5 Å². The third-order valence-electron chi connectivity index (χ3n) is 2.68. The van der Waals surface area contributed by atoms with E-state index < -0.39 is 21.3 Å². The number of aryl methyl sites for hydroxylation is 1. The Morgan fingerprint density at radius 1 is 1.39 bits per heavy atom. The molecule has 1 aromatic rings. The number of nitriles is 1. The average molecular weight is 270 g/mol. The fraction of sp³-hybridized carbons (Fsp3) is 0.417. The number of sulfonamides is 1. The van der Waals surface area contributed by atoms with Gasteiger partial charge in [-0.1, -0.05) is 12.1 Å². The Kier molecular flexibility index (Phi) is 4.43. The molecule has 1 rings (SSSR count). The van der Waals surface area contributed by atoms with E-state index in [1.807, 2.05) is 0 Å². The minimum atomic E-state index is -3.71. The highest BCUT2D eigenvalue weighted by molar-refractivity contribution is 7.90. The van der Waals surface area contributed by atoms with Gasteiger partial charge in [0.25, 0.3) is 0 Å². The maximum absolute atomic E-state index is 13.4. The highest BCUT2D eigenvalue weighted by Crippen LogP contribution is 2.17. The van der Waals surface area contributed by atoms with Gasteiger partial charge in [0.15, 0.2) is 5.25 Å². The van der Waals surface area contributed by atoms with Crippen LogP contribution in [-0.2, 0) is 10.0 Å². The molecule has 4 nitrogen and oxygen atoms in total. The molecule has 0 aliphatic rings.